The summed E-state index contributed by atoms with van der Waals surface area (Å²) in [5.41, 5.74) is 0.428. The molecule has 1 aliphatic carbocycles. The molecule has 0 spiro atoms. The first-order valence-corrected chi connectivity index (χ1v) is 7.61. The molecule has 2 fully saturated rings. The van der Waals surface area contributed by atoms with Crippen molar-refractivity contribution in [1.29, 1.82) is 0 Å². The molecule has 21 heavy (non-hydrogen) atoms. The standard InChI is InChI=1S/C16H22N2O3/c1-21-11-6-7-13(15(19)9-11)18-16(20)14-8-10-4-2-3-5-12(10)17-14/h6-7,9-10,12,14,17,19H,2-5,8H2,1H3,(H,18,20). The topological polar surface area (TPSA) is 70.6 Å². The summed E-state index contributed by atoms with van der Waals surface area (Å²) in [6.07, 6.45) is 5.81. The summed E-state index contributed by atoms with van der Waals surface area (Å²) in [6.45, 7) is 0. The lowest BCUT2D eigenvalue weighted by atomic mass is 9.85. The van der Waals surface area contributed by atoms with E-state index in [1.165, 1.54) is 38.9 Å². The van der Waals surface area contributed by atoms with Crippen molar-refractivity contribution < 1.29 is 14.6 Å². The highest BCUT2D eigenvalue weighted by Gasteiger charge is 2.38. The summed E-state index contributed by atoms with van der Waals surface area (Å²) >= 11 is 0. The Morgan fingerprint density at radius 3 is 2.90 bits per heavy atom. The number of hydrogen-bond acceptors (Lipinski definition) is 4. The Kier molecular flexibility index (Phi) is 4.01. The number of hydrogen-bond donors (Lipinski definition) is 3. The van der Waals surface area contributed by atoms with Crippen molar-refractivity contribution in [3.63, 3.8) is 0 Å². The lowest BCUT2D eigenvalue weighted by Crippen LogP contribution is -2.39. The fourth-order valence-corrected chi connectivity index (χ4v) is 3.49. The van der Waals surface area contributed by atoms with Crippen LogP contribution < -0.4 is 15.4 Å². The van der Waals surface area contributed by atoms with Gasteiger partial charge in [0.2, 0.25) is 5.91 Å². The smallest absolute Gasteiger partial charge is 0.241 e. The molecule has 0 bridgehead atoms. The lowest BCUT2D eigenvalue weighted by molar-refractivity contribution is -0.117. The van der Waals surface area contributed by atoms with Crippen LogP contribution in [-0.2, 0) is 4.79 Å². The molecular weight excluding hydrogens is 268 g/mol. The van der Waals surface area contributed by atoms with Crippen molar-refractivity contribution in [2.45, 2.75) is 44.2 Å². The number of amides is 1. The predicted molar refractivity (Wildman–Crippen MR) is 80.6 cm³/mol. The number of phenolic OH excluding ortho intramolecular Hbond substituents is 1. The van der Waals surface area contributed by atoms with E-state index in [4.69, 9.17) is 4.74 Å². The van der Waals surface area contributed by atoms with Crippen LogP contribution in [0.3, 0.4) is 0 Å². The molecule has 3 N–H and O–H groups in total. The van der Waals surface area contributed by atoms with E-state index in [1.54, 1.807) is 12.1 Å². The first-order chi connectivity index (χ1) is 10.2. The maximum absolute atomic E-state index is 12.3. The van der Waals surface area contributed by atoms with E-state index in [-0.39, 0.29) is 17.7 Å². The highest BCUT2D eigenvalue weighted by atomic mass is 16.5. The third kappa shape index (κ3) is 2.97. The van der Waals surface area contributed by atoms with E-state index in [0.717, 1.165) is 6.42 Å². The van der Waals surface area contributed by atoms with Crippen molar-refractivity contribution in [3.8, 4) is 11.5 Å². The first kappa shape index (κ1) is 14.2. The van der Waals surface area contributed by atoms with E-state index in [1.807, 2.05) is 0 Å². The van der Waals surface area contributed by atoms with Crippen LogP contribution >= 0.6 is 0 Å². The second kappa shape index (κ2) is 5.93. The summed E-state index contributed by atoms with van der Waals surface area (Å²) in [6, 6.07) is 5.21. The molecular formula is C16H22N2O3. The largest absolute Gasteiger partial charge is 0.506 e. The van der Waals surface area contributed by atoms with Crippen molar-refractivity contribution >= 4 is 11.6 Å². The number of anilines is 1. The molecule has 3 rings (SSSR count). The van der Waals surface area contributed by atoms with E-state index >= 15 is 0 Å². The van der Waals surface area contributed by atoms with Gasteiger partial charge < -0.3 is 20.5 Å². The van der Waals surface area contributed by atoms with Gasteiger partial charge in [0.15, 0.2) is 0 Å². The third-order valence-electron chi connectivity index (χ3n) is 4.64. The number of aromatic hydroxyl groups is 1. The fraction of sp³-hybridized carbons (Fsp3) is 0.562. The van der Waals surface area contributed by atoms with Gasteiger partial charge in [0.25, 0.3) is 0 Å². The maximum Gasteiger partial charge on any atom is 0.241 e. The average Bonchev–Trinajstić information content (AvgIpc) is 2.93. The number of ether oxygens (including phenoxy) is 1. The number of nitrogens with one attached hydrogen (secondary N) is 2. The predicted octanol–water partition coefficient (Wildman–Crippen LogP) is 2.26. The van der Waals surface area contributed by atoms with Crippen molar-refractivity contribution in [1.82, 2.24) is 5.32 Å². The van der Waals surface area contributed by atoms with Gasteiger partial charge in [-0.2, -0.15) is 0 Å². The number of carbonyl (C=O) groups excluding carboxylic acids is 1. The van der Waals surface area contributed by atoms with Gasteiger partial charge in [0.1, 0.15) is 11.5 Å². The summed E-state index contributed by atoms with van der Waals surface area (Å²) in [4.78, 5) is 12.3. The van der Waals surface area contributed by atoms with Gasteiger partial charge >= 0.3 is 0 Å². The van der Waals surface area contributed by atoms with Crippen LogP contribution in [0.15, 0.2) is 18.2 Å². The van der Waals surface area contributed by atoms with Crippen molar-refractivity contribution in [2.24, 2.45) is 5.92 Å². The zero-order valence-electron chi connectivity index (χ0n) is 12.3. The zero-order valence-corrected chi connectivity index (χ0v) is 12.3. The molecule has 1 amide bonds. The number of methoxy groups -OCH3 is 1. The van der Waals surface area contributed by atoms with Gasteiger partial charge in [-0.1, -0.05) is 12.8 Å². The van der Waals surface area contributed by atoms with Crippen LogP contribution in [0.25, 0.3) is 0 Å². The normalized spacial score (nSPS) is 28.0. The van der Waals surface area contributed by atoms with Gasteiger partial charge in [0, 0.05) is 12.1 Å². The third-order valence-corrected chi connectivity index (χ3v) is 4.64. The van der Waals surface area contributed by atoms with Gasteiger partial charge in [-0.25, -0.2) is 0 Å². The number of benzene rings is 1. The van der Waals surface area contributed by atoms with Crippen LogP contribution in [0.5, 0.6) is 11.5 Å². The van der Waals surface area contributed by atoms with E-state index in [2.05, 4.69) is 10.6 Å². The van der Waals surface area contributed by atoms with Crippen LogP contribution in [0, 0.1) is 5.92 Å². The summed E-state index contributed by atoms with van der Waals surface area (Å²) in [5, 5.41) is 16.1. The molecule has 5 heteroatoms. The Morgan fingerprint density at radius 2 is 2.19 bits per heavy atom. The molecule has 114 valence electrons. The van der Waals surface area contributed by atoms with Crippen LogP contribution in [0.1, 0.15) is 32.1 Å². The highest BCUT2D eigenvalue weighted by molar-refractivity contribution is 5.96. The molecule has 1 aromatic carbocycles. The highest BCUT2D eigenvalue weighted by Crippen LogP contribution is 2.34. The monoisotopic (exact) mass is 290 g/mol. The maximum atomic E-state index is 12.3. The Balaban J connectivity index is 1.64. The molecule has 3 atom stereocenters. The van der Waals surface area contributed by atoms with Crippen molar-refractivity contribution in [2.75, 3.05) is 12.4 Å². The molecule has 5 nitrogen and oxygen atoms in total. The molecule has 3 unspecified atom stereocenters. The molecule has 1 aliphatic heterocycles. The Bertz CT molecular complexity index is 518. The van der Waals surface area contributed by atoms with Gasteiger partial charge in [-0.3, -0.25) is 4.79 Å². The van der Waals surface area contributed by atoms with Gasteiger partial charge in [-0.05, 0) is 37.3 Å². The number of phenols is 1. The van der Waals surface area contributed by atoms with Crippen molar-refractivity contribution in [3.05, 3.63) is 18.2 Å². The van der Waals surface area contributed by atoms with Gasteiger partial charge in [0.05, 0.1) is 18.8 Å². The van der Waals surface area contributed by atoms with E-state index in [9.17, 15) is 9.90 Å². The SMILES string of the molecule is COc1ccc(NC(=O)C2CC3CCCCC3N2)c(O)c1. The minimum absolute atomic E-state index is 0.0260. The Hall–Kier alpha value is -1.75. The minimum atomic E-state index is -0.153. The second-order valence-electron chi connectivity index (χ2n) is 5.98. The molecule has 0 radical (unpaired) electrons. The molecule has 0 aromatic heterocycles. The minimum Gasteiger partial charge on any atom is -0.506 e. The molecule has 1 saturated carbocycles. The summed E-state index contributed by atoms with van der Waals surface area (Å²) in [7, 11) is 1.54. The van der Waals surface area contributed by atoms with Crippen LogP contribution in [0.2, 0.25) is 0 Å². The average molecular weight is 290 g/mol. The second-order valence-corrected chi connectivity index (χ2v) is 5.98. The quantitative estimate of drug-likeness (QED) is 0.747. The molecule has 1 aromatic rings. The van der Waals surface area contributed by atoms with Gasteiger partial charge in [-0.15, -0.1) is 0 Å². The zero-order chi connectivity index (χ0) is 14.8. The first-order valence-electron chi connectivity index (χ1n) is 7.61. The molecule has 1 heterocycles. The fourth-order valence-electron chi connectivity index (χ4n) is 3.49. The Morgan fingerprint density at radius 1 is 1.38 bits per heavy atom. The lowest BCUT2D eigenvalue weighted by Gasteiger charge is -2.24. The molecule has 1 saturated heterocycles. The molecule has 2 aliphatic rings. The van der Waals surface area contributed by atoms with E-state index in [0.29, 0.717) is 23.4 Å². The number of rotatable bonds is 3. The van der Waals surface area contributed by atoms with E-state index < -0.39 is 0 Å². The Labute approximate surface area is 124 Å². The summed E-state index contributed by atoms with van der Waals surface area (Å²) in [5.74, 6) is 1.15. The van der Waals surface area contributed by atoms with Crippen LogP contribution in [-0.4, -0.2) is 30.2 Å². The van der Waals surface area contributed by atoms with Crippen LogP contribution in [0.4, 0.5) is 5.69 Å². The number of carbonyl (C=O) groups is 1. The summed E-state index contributed by atoms with van der Waals surface area (Å²) < 4.78 is 5.03. The number of fused-ring (bicyclic) bond motifs is 1.